The summed E-state index contributed by atoms with van der Waals surface area (Å²) < 4.78 is 0. The van der Waals surface area contributed by atoms with E-state index < -0.39 is 0 Å². The molecule has 0 aromatic heterocycles. The number of nitrogens with one attached hydrogen (secondary N) is 1. The Morgan fingerprint density at radius 3 is 2.73 bits per heavy atom. The van der Waals surface area contributed by atoms with Crippen LogP contribution in [0.5, 0.6) is 0 Å². The van der Waals surface area contributed by atoms with Crippen molar-refractivity contribution in [3.8, 4) is 0 Å². The maximum absolute atomic E-state index is 7.82. The van der Waals surface area contributed by atoms with Crippen molar-refractivity contribution >= 4 is 23.5 Å². The zero-order chi connectivity index (χ0) is 15.7. The number of halogens is 1. The summed E-state index contributed by atoms with van der Waals surface area (Å²) in [5.41, 5.74) is 11.0. The number of nitrogens with zero attached hydrogens (tertiary/aromatic N) is 1. The molecule has 0 amide bonds. The van der Waals surface area contributed by atoms with Crippen LogP contribution in [-0.2, 0) is 6.42 Å². The lowest BCUT2D eigenvalue weighted by Gasteiger charge is -2.24. The molecule has 1 aliphatic heterocycles. The molecule has 0 fully saturated rings. The molecular weight excluding hydrogens is 294 g/mol. The van der Waals surface area contributed by atoms with Gasteiger partial charge in [-0.2, -0.15) is 0 Å². The predicted octanol–water partition coefficient (Wildman–Crippen LogP) is 3.54. The molecule has 3 nitrogen and oxygen atoms in total. The number of nitrogens with two attached hydrogens (primary N) is 1. The fourth-order valence-corrected chi connectivity index (χ4v) is 3.53. The van der Waals surface area contributed by atoms with E-state index in [4.69, 9.17) is 22.7 Å². The van der Waals surface area contributed by atoms with Gasteiger partial charge in [0.05, 0.1) is 10.7 Å². The van der Waals surface area contributed by atoms with Gasteiger partial charge in [0.2, 0.25) is 0 Å². The van der Waals surface area contributed by atoms with Crippen LogP contribution in [-0.4, -0.2) is 31.3 Å². The summed E-state index contributed by atoms with van der Waals surface area (Å²) in [6.45, 7) is 1.90. The Morgan fingerprint density at radius 1 is 1.32 bits per heavy atom. The molecule has 0 unspecified atom stereocenters. The SMILES string of the molecule is CN1CCc2cc(Cl)c(N)c(C=N)c2[C@@H](c2ccccc2)C1. The highest BCUT2D eigenvalue weighted by atomic mass is 35.5. The van der Waals surface area contributed by atoms with Crippen molar-refractivity contribution in [1.82, 2.24) is 4.90 Å². The van der Waals surface area contributed by atoms with Crippen molar-refractivity contribution in [2.75, 3.05) is 25.9 Å². The Bertz CT molecular complexity index is 697. The van der Waals surface area contributed by atoms with Crippen LogP contribution in [0.2, 0.25) is 5.02 Å². The quantitative estimate of drug-likeness (QED) is 0.658. The second-order valence-electron chi connectivity index (χ2n) is 5.88. The number of likely N-dealkylation sites (N-methyl/N-ethyl adjacent to an activating group) is 1. The Kier molecular flexibility index (Phi) is 4.19. The number of hydrogen-bond acceptors (Lipinski definition) is 3. The lowest BCUT2D eigenvalue weighted by atomic mass is 9.84. The number of benzene rings is 2. The van der Waals surface area contributed by atoms with Crippen LogP contribution in [0.25, 0.3) is 0 Å². The normalized spacial score (nSPS) is 18.5. The van der Waals surface area contributed by atoms with E-state index in [1.807, 2.05) is 12.1 Å². The van der Waals surface area contributed by atoms with Crippen molar-refractivity contribution in [2.45, 2.75) is 12.3 Å². The van der Waals surface area contributed by atoms with E-state index in [1.54, 1.807) is 0 Å². The molecule has 2 aromatic carbocycles. The van der Waals surface area contributed by atoms with Crippen molar-refractivity contribution in [1.29, 1.82) is 5.41 Å². The molecule has 22 heavy (non-hydrogen) atoms. The van der Waals surface area contributed by atoms with Gasteiger partial charge >= 0.3 is 0 Å². The molecule has 4 heteroatoms. The van der Waals surface area contributed by atoms with Gasteiger partial charge in [-0.05, 0) is 36.2 Å². The number of hydrogen-bond donors (Lipinski definition) is 2. The van der Waals surface area contributed by atoms with Gasteiger partial charge in [0, 0.05) is 30.8 Å². The van der Waals surface area contributed by atoms with Gasteiger partial charge in [0.15, 0.2) is 0 Å². The van der Waals surface area contributed by atoms with E-state index >= 15 is 0 Å². The molecule has 2 aromatic rings. The van der Waals surface area contributed by atoms with Gasteiger partial charge < -0.3 is 16.0 Å². The third kappa shape index (κ3) is 2.62. The summed E-state index contributed by atoms with van der Waals surface area (Å²) in [4.78, 5) is 2.33. The minimum atomic E-state index is 0.208. The molecular formula is C18H20ClN3. The highest BCUT2D eigenvalue weighted by Crippen LogP contribution is 2.38. The van der Waals surface area contributed by atoms with Gasteiger partial charge in [0.1, 0.15) is 0 Å². The largest absolute Gasteiger partial charge is 0.397 e. The van der Waals surface area contributed by atoms with E-state index in [9.17, 15) is 0 Å². The number of rotatable bonds is 2. The van der Waals surface area contributed by atoms with Crippen LogP contribution in [0.4, 0.5) is 5.69 Å². The Labute approximate surface area is 136 Å². The molecule has 1 heterocycles. The smallest absolute Gasteiger partial charge is 0.0645 e. The third-order valence-electron chi connectivity index (χ3n) is 4.44. The highest BCUT2D eigenvalue weighted by Gasteiger charge is 2.27. The Hall–Kier alpha value is -1.84. The minimum absolute atomic E-state index is 0.208. The topological polar surface area (TPSA) is 53.1 Å². The Balaban J connectivity index is 2.25. The lowest BCUT2D eigenvalue weighted by Crippen LogP contribution is -2.24. The van der Waals surface area contributed by atoms with Crippen LogP contribution in [0, 0.1) is 5.41 Å². The highest BCUT2D eigenvalue weighted by molar-refractivity contribution is 6.33. The second kappa shape index (κ2) is 6.11. The second-order valence-corrected chi connectivity index (χ2v) is 6.29. The van der Waals surface area contributed by atoms with E-state index in [1.165, 1.54) is 17.3 Å². The number of anilines is 1. The summed E-state index contributed by atoms with van der Waals surface area (Å²) in [5, 5.41) is 8.37. The van der Waals surface area contributed by atoms with E-state index in [0.717, 1.165) is 30.6 Å². The number of nitrogen functional groups attached to an aromatic ring is 1. The molecule has 0 saturated heterocycles. The Morgan fingerprint density at radius 2 is 2.05 bits per heavy atom. The van der Waals surface area contributed by atoms with Gasteiger partial charge in [-0.1, -0.05) is 41.9 Å². The first-order valence-corrected chi connectivity index (χ1v) is 7.84. The molecule has 3 rings (SSSR count). The maximum atomic E-state index is 7.82. The van der Waals surface area contributed by atoms with Crippen molar-refractivity contribution < 1.29 is 0 Å². The molecule has 0 saturated carbocycles. The maximum Gasteiger partial charge on any atom is 0.0645 e. The molecule has 1 aliphatic rings. The summed E-state index contributed by atoms with van der Waals surface area (Å²) in [7, 11) is 2.14. The average molecular weight is 314 g/mol. The number of fused-ring (bicyclic) bond motifs is 1. The van der Waals surface area contributed by atoms with E-state index in [2.05, 4.69) is 36.2 Å². The summed E-state index contributed by atoms with van der Waals surface area (Å²) >= 11 is 6.27. The lowest BCUT2D eigenvalue weighted by molar-refractivity contribution is 0.338. The first-order chi connectivity index (χ1) is 10.6. The van der Waals surface area contributed by atoms with Crippen LogP contribution < -0.4 is 5.73 Å². The third-order valence-corrected chi connectivity index (χ3v) is 4.75. The molecule has 1 atom stereocenters. The van der Waals surface area contributed by atoms with Crippen molar-refractivity contribution in [3.05, 3.63) is 63.7 Å². The molecule has 0 bridgehead atoms. The molecule has 0 aliphatic carbocycles. The monoisotopic (exact) mass is 313 g/mol. The van der Waals surface area contributed by atoms with Crippen molar-refractivity contribution in [2.24, 2.45) is 0 Å². The van der Waals surface area contributed by atoms with Crippen LogP contribution >= 0.6 is 11.6 Å². The van der Waals surface area contributed by atoms with Crippen LogP contribution in [0.15, 0.2) is 36.4 Å². The average Bonchev–Trinajstić information content (AvgIpc) is 2.69. The van der Waals surface area contributed by atoms with Gasteiger partial charge in [0.25, 0.3) is 0 Å². The summed E-state index contributed by atoms with van der Waals surface area (Å²) in [5.74, 6) is 0.208. The summed E-state index contributed by atoms with van der Waals surface area (Å²) in [6, 6.07) is 12.4. The van der Waals surface area contributed by atoms with Crippen LogP contribution in [0.1, 0.15) is 28.2 Å². The van der Waals surface area contributed by atoms with Crippen molar-refractivity contribution in [3.63, 3.8) is 0 Å². The predicted molar refractivity (Wildman–Crippen MR) is 93.2 cm³/mol. The van der Waals surface area contributed by atoms with E-state index in [-0.39, 0.29) is 5.92 Å². The van der Waals surface area contributed by atoms with Gasteiger partial charge in [-0.25, -0.2) is 0 Å². The summed E-state index contributed by atoms with van der Waals surface area (Å²) in [6.07, 6.45) is 2.28. The van der Waals surface area contributed by atoms with Gasteiger partial charge in [-0.15, -0.1) is 0 Å². The first-order valence-electron chi connectivity index (χ1n) is 7.46. The van der Waals surface area contributed by atoms with E-state index in [0.29, 0.717) is 10.7 Å². The first kappa shape index (κ1) is 15.1. The fraction of sp³-hybridized carbons (Fsp3) is 0.278. The van der Waals surface area contributed by atoms with Gasteiger partial charge in [-0.3, -0.25) is 0 Å². The zero-order valence-corrected chi connectivity index (χ0v) is 13.4. The standard InChI is InChI=1S/C18H20ClN3/c1-22-8-7-13-9-16(19)18(21)14(10-20)17(13)15(11-22)12-5-3-2-4-6-12/h2-6,9-10,15,20H,7-8,11,21H2,1H3/t15-/m1/s1. The zero-order valence-electron chi connectivity index (χ0n) is 12.6. The van der Waals surface area contributed by atoms with Crippen LogP contribution in [0.3, 0.4) is 0 Å². The molecule has 3 N–H and O–H groups in total. The molecule has 114 valence electrons. The molecule has 0 spiro atoms. The fourth-order valence-electron chi connectivity index (χ4n) is 3.29. The minimum Gasteiger partial charge on any atom is -0.397 e. The molecule has 0 radical (unpaired) electrons.